The number of carbonyl (C=O) groups is 1. The molecule has 0 saturated heterocycles. The summed E-state index contributed by atoms with van der Waals surface area (Å²) in [6.45, 7) is 1.84. The van der Waals surface area contributed by atoms with Crippen molar-refractivity contribution in [2.24, 2.45) is 7.05 Å². The first-order valence-corrected chi connectivity index (χ1v) is 8.49. The maximum absolute atomic E-state index is 12.1. The zero-order chi connectivity index (χ0) is 17.0. The number of rotatable bonds is 6. The van der Waals surface area contributed by atoms with Crippen molar-refractivity contribution in [2.45, 2.75) is 24.2 Å². The topological polar surface area (TPSA) is 90.3 Å². The summed E-state index contributed by atoms with van der Waals surface area (Å²) in [6, 6.07) is 7.34. The van der Waals surface area contributed by atoms with E-state index in [0.29, 0.717) is 5.75 Å². The molecule has 0 aliphatic carbocycles. The molecule has 7 nitrogen and oxygen atoms in total. The van der Waals surface area contributed by atoms with Gasteiger partial charge in [0, 0.05) is 19.7 Å². The van der Waals surface area contributed by atoms with Crippen LogP contribution in [0.1, 0.15) is 24.8 Å². The minimum Gasteiger partial charge on any atom is -0.496 e. The molecule has 23 heavy (non-hydrogen) atoms. The van der Waals surface area contributed by atoms with Crippen LogP contribution >= 0.6 is 0 Å². The predicted molar refractivity (Wildman–Crippen MR) is 84.6 cm³/mol. The highest BCUT2D eigenvalue weighted by atomic mass is 32.2. The Morgan fingerprint density at radius 1 is 1.39 bits per heavy atom. The van der Waals surface area contributed by atoms with Gasteiger partial charge in [-0.2, -0.15) is 5.10 Å². The molecule has 0 unspecified atom stereocenters. The maximum Gasteiger partial charge on any atom is 0.267 e. The van der Waals surface area contributed by atoms with Gasteiger partial charge in [0.15, 0.2) is 0 Å². The van der Waals surface area contributed by atoms with Crippen molar-refractivity contribution in [1.29, 1.82) is 0 Å². The lowest BCUT2D eigenvalue weighted by Gasteiger charge is -2.15. The van der Waals surface area contributed by atoms with Crippen molar-refractivity contribution in [3.05, 3.63) is 42.2 Å². The number of sulfonamides is 1. The van der Waals surface area contributed by atoms with E-state index >= 15 is 0 Å². The van der Waals surface area contributed by atoms with Crippen molar-refractivity contribution in [3.63, 3.8) is 0 Å². The SMILES string of the molecule is COc1ccccc1[C@@H](C)CC(=O)NS(=O)(=O)c1cnn(C)c1. The van der Waals surface area contributed by atoms with Crippen LogP contribution in [0, 0.1) is 0 Å². The number of nitrogens with zero attached hydrogens (tertiary/aromatic N) is 2. The van der Waals surface area contributed by atoms with Crippen LogP contribution in [0.2, 0.25) is 0 Å². The lowest BCUT2D eigenvalue weighted by atomic mass is 9.97. The summed E-state index contributed by atoms with van der Waals surface area (Å²) in [5.41, 5.74) is 0.851. The number of para-hydroxylation sites is 1. The standard InChI is InChI=1S/C15H19N3O4S/c1-11(13-6-4-5-7-14(13)22-3)8-15(19)17-23(20,21)12-9-16-18(2)10-12/h4-7,9-11H,8H2,1-3H3,(H,17,19)/t11-/m0/s1. The van der Waals surface area contributed by atoms with E-state index in [0.717, 1.165) is 5.56 Å². The second-order valence-electron chi connectivity index (χ2n) is 5.23. The number of carbonyl (C=O) groups excluding carboxylic acids is 1. The zero-order valence-electron chi connectivity index (χ0n) is 13.2. The Labute approximate surface area is 135 Å². The molecule has 2 rings (SSSR count). The summed E-state index contributed by atoms with van der Waals surface area (Å²) < 4.78 is 32.9. The largest absolute Gasteiger partial charge is 0.496 e. The molecular weight excluding hydrogens is 318 g/mol. The van der Waals surface area contributed by atoms with Crippen molar-refractivity contribution in [3.8, 4) is 5.75 Å². The van der Waals surface area contributed by atoms with E-state index in [2.05, 4.69) is 9.82 Å². The van der Waals surface area contributed by atoms with Gasteiger partial charge in [-0.15, -0.1) is 0 Å². The number of nitrogens with one attached hydrogen (secondary N) is 1. The highest BCUT2D eigenvalue weighted by molar-refractivity contribution is 7.90. The second kappa shape index (κ2) is 6.82. The van der Waals surface area contributed by atoms with Gasteiger partial charge in [-0.1, -0.05) is 25.1 Å². The number of ether oxygens (including phenoxy) is 1. The molecule has 0 saturated carbocycles. The molecular formula is C15H19N3O4S. The molecule has 1 aromatic heterocycles. The second-order valence-corrected chi connectivity index (χ2v) is 6.91. The predicted octanol–water partition coefficient (Wildman–Crippen LogP) is 1.43. The molecule has 0 bridgehead atoms. The highest BCUT2D eigenvalue weighted by Crippen LogP contribution is 2.28. The Balaban J connectivity index is 2.07. The zero-order valence-corrected chi connectivity index (χ0v) is 14.0. The van der Waals surface area contributed by atoms with Crippen LogP contribution in [0.3, 0.4) is 0 Å². The molecule has 1 amide bonds. The fourth-order valence-electron chi connectivity index (χ4n) is 2.25. The normalized spacial score (nSPS) is 12.7. The van der Waals surface area contributed by atoms with Crippen LogP contribution in [0.4, 0.5) is 0 Å². The number of hydrogen-bond donors (Lipinski definition) is 1. The quantitative estimate of drug-likeness (QED) is 0.861. The monoisotopic (exact) mass is 337 g/mol. The van der Waals surface area contributed by atoms with Gasteiger partial charge in [-0.05, 0) is 17.5 Å². The van der Waals surface area contributed by atoms with Crippen molar-refractivity contribution < 1.29 is 17.9 Å². The van der Waals surface area contributed by atoms with Crippen molar-refractivity contribution in [1.82, 2.24) is 14.5 Å². The molecule has 2 aromatic rings. The van der Waals surface area contributed by atoms with E-state index in [9.17, 15) is 13.2 Å². The Bertz CT molecular complexity index is 799. The summed E-state index contributed by atoms with van der Waals surface area (Å²) >= 11 is 0. The van der Waals surface area contributed by atoms with Crippen LogP contribution in [0.25, 0.3) is 0 Å². The van der Waals surface area contributed by atoms with Crippen molar-refractivity contribution >= 4 is 15.9 Å². The third-order valence-electron chi connectivity index (χ3n) is 3.40. The third kappa shape index (κ3) is 4.10. The third-order valence-corrected chi connectivity index (χ3v) is 4.73. The fourth-order valence-corrected chi connectivity index (χ4v) is 3.23. The minimum absolute atomic E-state index is 0.0276. The summed E-state index contributed by atoms with van der Waals surface area (Å²) in [6.07, 6.45) is 2.55. The van der Waals surface area contributed by atoms with Crippen LogP contribution in [0.5, 0.6) is 5.75 Å². The summed E-state index contributed by atoms with van der Waals surface area (Å²) in [7, 11) is -0.740. The van der Waals surface area contributed by atoms with Gasteiger partial charge in [0.05, 0.1) is 13.3 Å². The Hall–Kier alpha value is -2.35. The Morgan fingerprint density at radius 2 is 2.09 bits per heavy atom. The average Bonchev–Trinajstić information content (AvgIpc) is 2.94. The van der Waals surface area contributed by atoms with Gasteiger partial charge in [-0.3, -0.25) is 9.48 Å². The van der Waals surface area contributed by atoms with E-state index in [1.165, 1.54) is 17.1 Å². The number of benzene rings is 1. The molecule has 8 heteroatoms. The first-order chi connectivity index (χ1) is 10.8. The van der Waals surface area contributed by atoms with E-state index in [4.69, 9.17) is 4.74 Å². The first kappa shape index (κ1) is 17.0. The Kier molecular flexibility index (Phi) is 5.05. The van der Waals surface area contributed by atoms with E-state index in [1.807, 2.05) is 25.1 Å². The maximum atomic E-state index is 12.1. The van der Waals surface area contributed by atoms with Crippen LogP contribution < -0.4 is 9.46 Å². The number of hydrogen-bond acceptors (Lipinski definition) is 5. The molecule has 1 heterocycles. The highest BCUT2D eigenvalue weighted by Gasteiger charge is 2.22. The summed E-state index contributed by atoms with van der Waals surface area (Å²) in [5, 5.41) is 3.79. The number of aryl methyl sites for hydroxylation is 1. The van der Waals surface area contributed by atoms with Gasteiger partial charge in [0.2, 0.25) is 5.91 Å². The summed E-state index contributed by atoms with van der Waals surface area (Å²) in [5.74, 6) is -0.0922. The summed E-state index contributed by atoms with van der Waals surface area (Å²) in [4.78, 5) is 12.0. The van der Waals surface area contributed by atoms with Gasteiger partial charge >= 0.3 is 0 Å². The van der Waals surface area contributed by atoms with Gasteiger partial charge in [-0.25, -0.2) is 13.1 Å². The first-order valence-electron chi connectivity index (χ1n) is 7.00. The minimum atomic E-state index is -3.90. The van der Waals surface area contributed by atoms with Gasteiger partial charge < -0.3 is 4.74 Å². The molecule has 1 N–H and O–H groups in total. The van der Waals surface area contributed by atoms with Gasteiger partial charge in [0.1, 0.15) is 10.6 Å². The molecule has 1 aromatic carbocycles. The molecule has 0 spiro atoms. The number of aromatic nitrogens is 2. The molecule has 124 valence electrons. The van der Waals surface area contributed by atoms with E-state index in [1.54, 1.807) is 20.2 Å². The molecule has 1 atom stereocenters. The lowest BCUT2D eigenvalue weighted by Crippen LogP contribution is -2.31. The fraction of sp³-hybridized carbons (Fsp3) is 0.333. The van der Waals surface area contributed by atoms with Gasteiger partial charge in [0.25, 0.3) is 10.0 Å². The number of amides is 1. The van der Waals surface area contributed by atoms with E-state index < -0.39 is 15.9 Å². The van der Waals surface area contributed by atoms with Crippen LogP contribution in [0.15, 0.2) is 41.6 Å². The molecule has 0 aliphatic rings. The smallest absolute Gasteiger partial charge is 0.267 e. The Morgan fingerprint density at radius 3 is 2.70 bits per heavy atom. The lowest BCUT2D eigenvalue weighted by molar-refractivity contribution is -0.119. The molecule has 0 radical (unpaired) electrons. The van der Waals surface area contributed by atoms with E-state index in [-0.39, 0.29) is 17.2 Å². The number of methoxy groups -OCH3 is 1. The van der Waals surface area contributed by atoms with Crippen LogP contribution in [-0.2, 0) is 21.9 Å². The molecule has 0 aliphatic heterocycles. The molecule has 0 fully saturated rings. The van der Waals surface area contributed by atoms with Crippen LogP contribution in [-0.4, -0.2) is 31.2 Å². The average molecular weight is 337 g/mol. The van der Waals surface area contributed by atoms with Crippen molar-refractivity contribution in [2.75, 3.05) is 7.11 Å².